The predicted octanol–water partition coefficient (Wildman–Crippen LogP) is 7.72. The Morgan fingerprint density at radius 3 is 2.54 bits per heavy atom. The lowest BCUT2D eigenvalue weighted by Crippen LogP contribution is -2.47. The van der Waals surface area contributed by atoms with E-state index in [1.54, 1.807) is 24.4 Å². The Morgan fingerprint density at radius 2 is 1.82 bits per heavy atom. The standard InChI is InChI=1S/C41H50BrN7O7S/c1-40(2)12-10-29(34(42)23-40)26-47-16-18-48(19-17-47)30-4-6-33(37(21-30)56-31-20-28-11-15-43-38(28)45-25-31)39(50)46-57(54,55)32-5-7-35(36(22-32)49(52)53)44-24-27-8-13-41(3,51)14-9-27/h4-7,11,15,20-22,25,27,44,51H,8-10,12-14,16-19,23-24,26H2,1-3H3,(H,43,45)(H,46,50)/t27-,41+. The summed E-state index contributed by atoms with van der Waals surface area (Å²) in [4.78, 5) is 36.9. The quantitative estimate of drug-likeness (QED) is 0.0809. The molecule has 0 unspecified atom stereocenters. The molecular formula is C41H50BrN7O7S. The zero-order valence-corrected chi connectivity index (χ0v) is 34.9. The number of benzene rings is 2. The van der Waals surface area contributed by atoms with Crippen LogP contribution in [0.3, 0.4) is 0 Å². The number of aliphatic hydroxyl groups is 1. The number of nitro benzene ring substituents is 1. The van der Waals surface area contributed by atoms with Crippen LogP contribution in [-0.4, -0.2) is 84.1 Å². The summed E-state index contributed by atoms with van der Waals surface area (Å²) in [7, 11) is -4.55. The van der Waals surface area contributed by atoms with Gasteiger partial charge in [-0.15, -0.1) is 0 Å². The molecular weight excluding hydrogens is 814 g/mol. The number of halogens is 1. The number of pyridine rings is 1. The van der Waals surface area contributed by atoms with Crippen LogP contribution in [0.25, 0.3) is 11.0 Å². The summed E-state index contributed by atoms with van der Waals surface area (Å²) in [5, 5.41) is 26.2. The summed E-state index contributed by atoms with van der Waals surface area (Å²) in [6.45, 7) is 11.0. The van der Waals surface area contributed by atoms with Gasteiger partial charge in [0.05, 0.1) is 27.2 Å². The smallest absolute Gasteiger partial charge is 0.293 e. The van der Waals surface area contributed by atoms with Gasteiger partial charge in [0, 0.05) is 68.7 Å². The van der Waals surface area contributed by atoms with E-state index in [0.717, 1.165) is 75.5 Å². The van der Waals surface area contributed by atoms with Gasteiger partial charge in [-0.2, -0.15) is 0 Å². The fraction of sp³-hybridized carbons (Fsp3) is 0.463. The molecule has 2 aliphatic carbocycles. The highest BCUT2D eigenvalue weighted by Gasteiger charge is 2.31. The molecule has 0 atom stereocenters. The molecule has 1 amide bonds. The van der Waals surface area contributed by atoms with Gasteiger partial charge >= 0.3 is 0 Å². The van der Waals surface area contributed by atoms with E-state index in [0.29, 0.717) is 36.2 Å². The summed E-state index contributed by atoms with van der Waals surface area (Å²) in [5.41, 5.74) is 2.25. The molecule has 57 heavy (non-hydrogen) atoms. The fourth-order valence-corrected chi connectivity index (χ4v) is 9.98. The van der Waals surface area contributed by atoms with Crippen LogP contribution in [-0.2, 0) is 10.0 Å². The molecule has 1 aliphatic heterocycles. The summed E-state index contributed by atoms with van der Waals surface area (Å²) < 4.78 is 36.9. The lowest BCUT2D eigenvalue weighted by atomic mass is 9.78. The summed E-state index contributed by atoms with van der Waals surface area (Å²) in [5.74, 6) is -0.259. The third kappa shape index (κ3) is 9.79. The van der Waals surface area contributed by atoms with Crippen LogP contribution < -0.4 is 19.7 Å². The van der Waals surface area contributed by atoms with Crippen LogP contribution in [0.2, 0.25) is 0 Å². The minimum absolute atomic E-state index is 0.0358. The number of rotatable bonds is 12. The van der Waals surface area contributed by atoms with E-state index in [9.17, 15) is 28.4 Å². The number of aromatic amines is 1. The number of nitro groups is 1. The van der Waals surface area contributed by atoms with Crippen molar-refractivity contribution in [2.24, 2.45) is 11.3 Å². The highest BCUT2D eigenvalue weighted by Crippen LogP contribution is 2.41. The van der Waals surface area contributed by atoms with Crippen LogP contribution in [0.4, 0.5) is 17.1 Å². The van der Waals surface area contributed by atoms with Crippen LogP contribution in [0, 0.1) is 21.4 Å². The van der Waals surface area contributed by atoms with Crippen LogP contribution in [0.1, 0.15) is 76.1 Å². The van der Waals surface area contributed by atoms with Crippen molar-refractivity contribution in [3.63, 3.8) is 0 Å². The Labute approximate surface area is 341 Å². The third-order valence-corrected chi connectivity index (χ3v) is 13.7. The first-order valence-electron chi connectivity index (χ1n) is 19.4. The number of aromatic nitrogens is 2. The maximum absolute atomic E-state index is 13.8. The maximum Gasteiger partial charge on any atom is 0.293 e. The van der Waals surface area contributed by atoms with Gasteiger partial charge in [-0.25, -0.2) is 18.1 Å². The number of amides is 1. The monoisotopic (exact) mass is 863 g/mol. The molecule has 16 heteroatoms. The molecule has 0 radical (unpaired) electrons. The van der Waals surface area contributed by atoms with Gasteiger partial charge < -0.3 is 25.0 Å². The first-order valence-corrected chi connectivity index (χ1v) is 21.7. The Morgan fingerprint density at radius 1 is 1.07 bits per heavy atom. The highest BCUT2D eigenvalue weighted by atomic mass is 79.9. The average Bonchev–Trinajstić information content (AvgIpc) is 3.63. The summed E-state index contributed by atoms with van der Waals surface area (Å²) in [6, 6.07) is 12.2. The number of hydrogen-bond donors (Lipinski definition) is 4. The second kappa shape index (κ2) is 16.4. The van der Waals surface area contributed by atoms with Gasteiger partial charge in [-0.05, 0) is 110 Å². The van der Waals surface area contributed by atoms with Crippen molar-refractivity contribution in [3.05, 3.63) is 86.7 Å². The molecule has 1 saturated carbocycles. The first-order chi connectivity index (χ1) is 27.0. The molecule has 2 fully saturated rings. The van der Waals surface area contributed by atoms with Gasteiger partial charge in [-0.1, -0.05) is 29.8 Å². The zero-order valence-electron chi connectivity index (χ0n) is 32.5. The lowest BCUT2D eigenvalue weighted by molar-refractivity contribution is -0.384. The van der Waals surface area contributed by atoms with E-state index in [1.807, 2.05) is 13.0 Å². The van der Waals surface area contributed by atoms with Gasteiger partial charge in [0.1, 0.15) is 22.8 Å². The van der Waals surface area contributed by atoms with Crippen molar-refractivity contribution in [1.29, 1.82) is 0 Å². The van der Waals surface area contributed by atoms with Gasteiger partial charge in [0.15, 0.2) is 0 Å². The minimum atomic E-state index is -4.55. The second-order valence-electron chi connectivity index (χ2n) is 16.7. The van der Waals surface area contributed by atoms with Crippen molar-refractivity contribution in [1.82, 2.24) is 19.6 Å². The number of carbonyl (C=O) groups excluding carboxylic acids is 1. The third-order valence-electron chi connectivity index (χ3n) is 11.6. The number of piperazine rings is 1. The molecule has 14 nitrogen and oxygen atoms in total. The van der Waals surface area contributed by atoms with E-state index < -0.39 is 37.0 Å². The van der Waals surface area contributed by atoms with Crippen molar-refractivity contribution in [2.45, 2.75) is 76.2 Å². The summed E-state index contributed by atoms with van der Waals surface area (Å²) in [6.07, 6.45) is 9.40. The molecule has 0 bridgehead atoms. The Kier molecular flexibility index (Phi) is 11.7. The lowest BCUT2D eigenvalue weighted by Gasteiger charge is -2.38. The van der Waals surface area contributed by atoms with Crippen molar-refractivity contribution >= 4 is 60.0 Å². The Hall–Kier alpha value is -4.51. The number of anilines is 2. The molecule has 1 saturated heterocycles. The largest absolute Gasteiger partial charge is 0.455 e. The molecule has 0 spiro atoms. The normalized spacial score (nSPS) is 21.7. The number of nitrogens with one attached hydrogen (secondary N) is 3. The van der Waals surface area contributed by atoms with E-state index >= 15 is 0 Å². The number of fused-ring (bicyclic) bond motifs is 1. The van der Waals surface area contributed by atoms with Crippen molar-refractivity contribution < 1.29 is 28.0 Å². The molecule has 3 heterocycles. The van der Waals surface area contributed by atoms with Crippen LogP contribution >= 0.6 is 15.9 Å². The average molecular weight is 865 g/mol. The predicted molar refractivity (Wildman–Crippen MR) is 224 cm³/mol. The highest BCUT2D eigenvalue weighted by molar-refractivity contribution is 9.11. The van der Waals surface area contributed by atoms with E-state index in [-0.39, 0.29) is 22.9 Å². The summed E-state index contributed by atoms with van der Waals surface area (Å²) >= 11 is 3.85. The van der Waals surface area contributed by atoms with Crippen molar-refractivity contribution in [2.75, 3.05) is 49.5 Å². The number of hydrogen-bond acceptors (Lipinski definition) is 11. The SMILES string of the molecule is CC1(C)CCC(CN2CCN(c3ccc(C(=O)NS(=O)(=O)c4ccc(NC[C@H]5CC[C@@](C)(O)CC5)c([N+](=O)[O-])c4)c(Oc4cnc5[nH]ccc5c4)c3)CC2)=C(Br)C1. The fourth-order valence-electron chi connectivity index (χ4n) is 7.91. The van der Waals surface area contributed by atoms with Crippen molar-refractivity contribution in [3.8, 4) is 11.5 Å². The molecule has 7 rings (SSSR count). The maximum atomic E-state index is 13.8. The van der Waals surface area contributed by atoms with Gasteiger partial charge in [0.2, 0.25) is 0 Å². The molecule has 4 N–H and O–H groups in total. The van der Waals surface area contributed by atoms with Gasteiger partial charge in [0.25, 0.3) is 21.6 Å². The number of carbonyl (C=O) groups is 1. The Balaban J connectivity index is 1.08. The van der Waals surface area contributed by atoms with Crippen LogP contribution in [0.5, 0.6) is 11.5 Å². The molecule has 4 aromatic rings. The van der Waals surface area contributed by atoms with Crippen LogP contribution in [0.15, 0.2) is 75.9 Å². The number of H-pyrrole nitrogens is 1. The topological polar surface area (TPSA) is 183 Å². The number of allylic oxidation sites excluding steroid dienone is 1. The first kappa shape index (κ1) is 40.7. The minimum Gasteiger partial charge on any atom is -0.455 e. The Bertz CT molecular complexity index is 2290. The van der Waals surface area contributed by atoms with E-state index in [2.05, 4.69) is 59.6 Å². The number of ether oxygens (including phenoxy) is 1. The molecule has 2 aromatic carbocycles. The molecule has 3 aliphatic rings. The molecule has 2 aromatic heterocycles. The zero-order chi connectivity index (χ0) is 40.5. The number of nitrogens with zero attached hydrogens (tertiary/aromatic N) is 4. The molecule has 304 valence electrons. The van der Waals surface area contributed by atoms with E-state index in [1.165, 1.54) is 40.9 Å². The second-order valence-corrected chi connectivity index (χ2v) is 19.3. The van der Waals surface area contributed by atoms with Gasteiger partial charge in [-0.3, -0.25) is 19.8 Å². The van der Waals surface area contributed by atoms with E-state index in [4.69, 9.17) is 4.74 Å². The number of sulfonamides is 1.